The van der Waals surface area contributed by atoms with E-state index < -0.39 is 43.8 Å². The number of hydrogen-bond donors (Lipinski definition) is 0. The van der Waals surface area contributed by atoms with Gasteiger partial charge >= 0.3 is 6.18 Å². The van der Waals surface area contributed by atoms with Crippen molar-refractivity contribution in [2.75, 3.05) is 18.8 Å². The Labute approximate surface area is 146 Å². The molecule has 1 aromatic rings. The van der Waals surface area contributed by atoms with Gasteiger partial charge in [-0.05, 0) is 18.6 Å². The highest BCUT2D eigenvalue weighted by atomic mass is 32.2. The van der Waals surface area contributed by atoms with Crippen LogP contribution in [0.1, 0.15) is 12.0 Å². The molecular weight excluding hydrogens is 381 g/mol. The number of alkyl halides is 3. The topological polar surface area (TPSA) is 74.8 Å². The summed E-state index contributed by atoms with van der Waals surface area (Å²) in [5.74, 6) is -0.408. The van der Waals surface area contributed by atoms with Crippen LogP contribution >= 0.6 is 11.8 Å². The molecule has 1 atom stereocenters. The third-order valence-corrected chi connectivity index (χ3v) is 6.84. The number of nitrogens with zero attached hydrogens (tertiary/aromatic N) is 2. The Bertz CT molecular complexity index is 810. The Morgan fingerprint density at radius 3 is 2.44 bits per heavy atom. The van der Waals surface area contributed by atoms with E-state index in [0.717, 1.165) is 33.1 Å². The van der Waals surface area contributed by atoms with Crippen LogP contribution in [-0.2, 0) is 21.0 Å². The first-order chi connectivity index (χ1) is 11.6. The number of thioether (sulfide) groups is 1. The molecule has 3 rings (SSSR count). The summed E-state index contributed by atoms with van der Waals surface area (Å²) < 4.78 is 65.5. The number of carbonyl (C=O) groups is 2. The van der Waals surface area contributed by atoms with Gasteiger partial charge in [-0.2, -0.15) is 17.5 Å². The molecular formula is C14H13F3N2O4S2. The average Bonchev–Trinajstić information content (AvgIpc) is 3.14. The summed E-state index contributed by atoms with van der Waals surface area (Å²) in [5.41, 5.74) is -1.23. The number of sulfonamides is 1. The summed E-state index contributed by atoms with van der Waals surface area (Å²) in [6.45, 7) is -0.256. The number of benzene rings is 1. The Morgan fingerprint density at radius 1 is 1.16 bits per heavy atom. The second kappa shape index (κ2) is 6.29. The molecule has 0 aromatic heterocycles. The molecule has 2 saturated heterocycles. The van der Waals surface area contributed by atoms with Crippen LogP contribution in [0.15, 0.2) is 29.2 Å². The fourth-order valence-corrected chi connectivity index (χ4v) is 5.40. The largest absolute Gasteiger partial charge is 0.417 e. The third kappa shape index (κ3) is 3.27. The number of amides is 2. The highest BCUT2D eigenvalue weighted by Crippen LogP contribution is 2.36. The second-order valence-electron chi connectivity index (χ2n) is 5.62. The van der Waals surface area contributed by atoms with Crippen molar-refractivity contribution in [3.05, 3.63) is 29.8 Å². The summed E-state index contributed by atoms with van der Waals surface area (Å²) in [7, 11) is -4.39. The Kier molecular flexibility index (Phi) is 4.58. The summed E-state index contributed by atoms with van der Waals surface area (Å²) in [6, 6.07) is 3.31. The summed E-state index contributed by atoms with van der Waals surface area (Å²) in [6.07, 6.45) is -4.61. The quantitative estimate of drug-likeness (QED) is 0.786. The van der Waals surface area contributed by atoms with E-state index in [0.29, 0.717) is 6.07 Å². The molecule has 1 aromatic carbocycles. The van der Waals surface area contributed by atoms with E-state index in [1.807, 2.05) is 0 Å². The Morgan fingerprint density at radius 2 is 1.84 bits per heavy atom. The fourth-order valence-electron chi connectivity index (χ4n) is 2.92. The van der Waals surface area contributed by atoms with Crippen molar-refractivity contribution in [2.45, 2.75) is 23.5 Å². The molecule has 0 radical (unpaired) electrons. The molecule has 1 unspecified atom stereocenters. The van der Waals surface area contributed by atoms with E-state index in [-0.39, 0.29) is 25.3 Å². The number of imide groups is 1. The molecule has 2 aliphatic rings. The molecule has 0 aliphatic carbocycles. The van der Waals surface area contributed by atoms with Gasteiger partial charge in [-0.15, -0.1) is 0 Å². The van der Waals surface area contributed by atoms with Crippen LogP contribution in [0, 0.1) is 0 Å². The van der Waals surface area contributed by atoms with E-state index in [1.165, 1.54) is 6.07 Å². The van der Waals surface area contributed by atoms with Crippen LogP contribution in [-0.4, -0.2) is 53.7 Å². The van der Waals surface area contributed by atoms with Crippen molar-refractivity contribution in [3.8, 4) is 0 Å². The molecule has 2 heterocycles. The molecule has 2 fully saturated rings. The van der Waals surface area contributed by atoms with Crippen LogP contribution in [0.5, 0.6) is 0 Å². The van der Waals surface area contributed by atoms with Gasteiger partial charge in [-0.25, -0.2) is 8.42 Å². The molecule has 0 N–H and O–H groups in total. The van der Waals surface area contributed by atoms with Crippen LogP contribution in [0.2, 0.25) is 0 Å². The molecule has 2 amide bonds. The van der Waals surface area contributed by atoms with Crippen molar-refractivity contribution in [1.29, 1.82) is 0 Å². The highest BCUT2D eigenvalue weighted by Gasteiger charge is 2.44. The number of carbonyl (C=O) groups excluding carboxylic acids is 2. The van der Waals surface area contributed by atoms with Crippen molar-refractivity contribution < 1.29 is 31.2 Å². The molecule has 2 aliphatic heterocycles. The minimum atomic E-state index is -4.81. The zero-order chi connectivity index (χ0) is 18.4. The van der Waals surface area contributed by atoms with Crippen LogP contribution in [0.4, 0.5) is 18.0 Å². The lowest BCUT2D eigenvalue weighted by atomic mass is 10.2. The molecule has 136 valence electrons. The van der Waals surface area contributed by atoms with Crippen molar-refractivity contribution >= 4 is 32.9 Å². The standard InChI is InChI=1S/C14H13F3N2O4S2/c15-14(16,17)10-3-1-2-4-11(10)25(22,23)18-6-5-9(7-18)19-12(20)8-24-13(19)21/h1-4,9H,5-8H2. The Hall–Kier alpha value is -1.59. The lowest BCUT2D eigenvalue weighted by Gasteiger charge is -2.22. The van der Waals surface area contributed by atoms with Gasteiger partial charge in [-0.1, -0.05) is 23.9 Å². The first kappa shape index (κ1) is 18.2. The maximum atomic E-state index is 13.1. The zero-order valence-electron chi connectivity index (χ0n) is 12.7. The van der Waals surface area contributed by atoms with Crippen LogP contribution < -0.4 is 0 Å². The van der Waals surface area contributed by atoms with Gasteiger partial charge in [0.15, 0.2) is 0 Å². The SMILES string of the molecule is O=C1CSC(=O)N1C1CCN(S(=O)(=O)c2ccccc2C(F)(F)F)C1. The van der Waals surface area contributed by atoms with Gasteiger partial charge in [-0.3, -0.25) is 14.5 Å². The molecule has 25 heavy (non-hydrogen) atoms. The number of rotatable bonds is 3. The third-order valence-electron chi connectivity index (χ3n) is 4.09. The molecule has 6 nitrogen and oxygen atoms in total. The van der Waals surface area contributed by atoms with Gasteiger partial charge in [0.25, 0.3) is 5.24 Å². The van der Waals surface area contributed by atoms with E-state index >= 15 is 0 Å². The predicted molar refractivity (Wildman–Crippen MR) is 83.3 cm³/mol. The minimum Gasteiger partial charge on any atom is -0.273 e. The fraction of sp³-hybridized carbons (Fsp3) is 0.429. The van der Waals surface area contributed by atoms with E-state index in [4.69, 9.17) is 0 Å². The van der Waals surface area contributed by atoms with Gasteiger partial charge in [0.1, 0.15) is 0 Å². The maximum absolute atomic E-state index is 13.1. The van der Waals surface area contributed by atoms with Crippen molar-refractivity contribution in [3.63, 3.8) is 0 Å². The van der Waals surface area contributed by atoms with E-state index in [1.54, 1.807) is 0 Å². The first-order valence-electron chi connectivity index (χ1n) is 7.27. The molecule has 0 bridgehead atoms. The molecule has 11 heteroatoms. The van der Waals surface area contributed by atoms with E-state index in [2.05, 4.69) is 0 Å². The first-order valence-corrected chi connectivity index (χ1v) is 9.70. The van der Waals surface area contributed by atoms with Gasteiger partial charge in [0, 0.05) is 13.1 Å². The lowest BCUT2D eigenvalue weighted by Crippen LogP contribution is -2.41. The molecule has 0 saturated carbocycles. The Balaban J connectivity index is 1.88. The average molecular weight is 394 g/mol. The van der Waals surface area contributed by atoms with Gasteiger partial charge in [0.2, 0.25) is 15.9 Å². The smallest absolute Gasteiger partial charge is 0.273 e. The number of halogens is 3. The van der Waals surface area contributed by atoms with Crippen molar-refractivity contribution in [1.82, 2.24) is 9.21 Å². The predicted octanol–water partition coefficient (Wildman–Crippen LogP) is 2.16. The lowest BCUT2D eigenvalue weighted by molar-refractivity contribution is -0.140. The zero-order valence-corrected chi connectivity index (χ0v) is 14.3. The number of hydrogen-bond acceptors (Lipinski definition) is 5. The summed E-state index contributed by atoms with van der Waals surface area (Å²) in [5, 5.41) is -0.454. The summed E-state index contributed by atoms with van der Waals surface area (Å²) >= 11 is 0.832. The van der Waals surface area contributed by atoms with E-state index in [9.17, 15) is 31.2 Å². The monoisotopic (exact) mass is 394 g/mol. The van der Waals surface area contributed by atoms with Gasteiger partial charge in [0.05, 0.1) is 22.3 Å². The van der Waals surface area contributed by atoms with Gasteiger partial charge < -0.3 is 0 Å². The van der Waals surface area contributed by atoms with Crippen LogP contribution in [0.25, 0.3) is 0 Å². The molecule has 0 spiro atoms. The normalized spacial score (nSPS) is 22.8. The van der Waals surface area contributed by atoms with Crippen molar-refractivity contribution in [2.24, 2.45) is 0 Å². The minimum absolute atomic E-state index is 0.00100. The second-order valence-corrected chi connectivity index (χ2v) is 8.45. The maximum Gasteiger partial charge on any atom is 0.417 e. The highest BCUT2D eigenvalue weighted by molar-refractivity contribution is 8.14. The summed E-state index contributed by atoms with van der Waals surface area (Å²) in [4.78, 5) is 23.7. The van der Waals surface area contributed by atoms with Crippen LogP contribution in [0.3, 0.4) is 0 Å².